The van der Waals surface area contributed by atoms with Gasteiger partial charge in [-0.15, -0.1) is 0 Å². The van der Waals surface area contributed by atoms with Crippen molar-refractivity contribution in [3.8, 4) is 0 Å². The quantitative estimate of drug-likeness (QED) is 0.609. The van der Waals surface area contributed by atoms with Crippen LogP contribution in [0.5, 0.6) is 0 Å². The lowest BCUT2D eigenvalue weighted by atomic mass is 10.0. The molecule has 1 N–H and O–H groups in total. The molecule has 0 spiro atoms. The van der Waals surface area contributed by atoms with E-state index in [9.17, 15) is 14.9 Å². The Kier molecular flexibility index (Phi) is 2.47. The number of nitrogens with one attached hydrogen (secondary N) is 1. The van der Waals surface area contributed by atoms with E-state index in [0.717, 1.165) is 11.1 Å². The zero-order valence-corrected chi connectivity index (χ0v) is 8.60. The summed E-state index contributed by atoms with van der Waals surface area (Å²) in [5.41, 5.74) is 1.63. The van der Waals surface area contributed by atoms with Gasteiger partial charge in [-0.25, -0.2) is 4.79 Å². The van der Waals surface area contributed by atoms with Gasteiger partial charge in [0.15, 0.2) is 0 Å². The number of nitro benzene ring substituents is 1. The first-order valence-electron chi connectivity index (χ1n) is 4.76. The molecule has 6 heteroatoms. The lowest BCUT2D eigenvalue weighted by molar-refractivity contribution is -0.384. The number of cyclic esters (lactones) is 1. The van der Waals surface area contributed by atoms with Crippen molar-refractivity contribution in [1.29, 1.82) is 0 Å². The highest BCUT2D eigenvalue weighted by Gasteiger charge is 2.26. The Hall–Kier alpha value is -2.11. The molecule has 1 fully saturated rings. The van der Waals surface area contributed by atoms with Gasteiger partial charge < -0.3 is 10.1 Å². The molecule has 0 bridgehead atoms. The summed E-state index contributed by atoms with van der Waals surface area (Å²) in [5, 5.41) is 13.2. The first-order valence-corrected chi connectivity index (χ1v) is 4.76. The minimum atomic E-state index is -0.490. The number of nitrogens with zero attached hydrogens (tertiary/aromatic N) is 1. The maximum atomic E-state index is 10.9. The number of rotatable bonds is 2. The molecule has 0 saturated carbocycles. The minimum absolute atomic E-state index is 0.0155. The van der Waals surface area contributed by atoms with Crippen molar-refractivity contribution in [3.63, 3.8) is 0 Å². The number of non-ortho nitro benzene ring substituents is 1. The second kappa shape index (κ2) is 3.80. The third kappa shape index (κ3) is 1.81. The van der Waals surface area contributed by atoms with E-state index in [1.165, 1.54) is 12.1 Å². The summed E-state index contributed by atoms with van der Waals surface area (Å²) in [4.78, 5) is 21.1. The molecule has 1 heterocycles. The Bertz CT molecular complexity index is 458. The summed E-state index contributed by atoms with van der Waals surface area (Å²) in [6, 6.07) is 4.27. The monoisotopic (exact) mass is 222 g/mol. The molecule has 6 nitrogen and oxygen atoms in total. The maximum absolute atomic E-state index is 10.9. The second-order valence-electron chi connectivity index (χ2n) is 3.59. The molecule has 1 saturated heterocycles. The predicted molar refractivity (Wildman–Crippen MR) is 55.1 cm³/mol. The molecule has 0 aliphatic carbocycles. The fourth-order valence-electron chi connectivity index (χ4n) is 1.67. The van der Waals surface area contributed by atoms with E-state index in [1.807, 2.05) is 6.92 Å². The van der Waals surface area contributed by atoms with E-state index in [1.54, 1.807) is 6.07 Å². The number of benzene rings is 1. The molecule has 0 aromatic heterocycles. The third-order valence-electron chi connectivity index (χ3n) is 2.52. The fraction of sp³-hybridized carbons (Fsp3) is 0.300. The number of hydrogen-bond donors (Lipinski definition) is 1. The highest BCUT2D eigenvalue weighted by atomic mass is 16.6. The van der Waals surface area contributed by atoms with E-state index < -0.39 is 11.0 Å². The molecule has 1 atom stereocenters. The van der Waals surface area contributed by atoms with Crippen molar-refractivity contribution in [2.45, 2.75) is 13.0 Å². The van der Waals surface area contributed by atoms with Crippen LogP contribution in [0.4, 0.5) is 10.5 Å². The van der Waals surface area contributed by atoms with Gasteiger partial charge in [0, 0.05) is 12.1 Å². The van der Waals surface area contributed by atoms with E-state index in [-0.39, 0.29) is 18.3 Å². The van der Waals surface area contributed by atoms with Gasteiger partial charge in [0.2, 0.25) is 0 Å². The first-order chi connectivity index (χ1) is 7.58. The Morgan fingerprint density at radius 3 is 2.88 bits per heavy atom. The van der Waals surface area contributed by atoms with Gasteiger partial charge in [-0.3, -0.25) is 10.1 Å². The smallest absolute Gasteiger partial charge is 0.407 e. The number of alkyl carbamates (subject to hydrolysis) is 1. The summed E-state index contributed by atoms with van der Waals surface area (Å²) >= 11 is 0. The average molecular weight is 222 g/mol. The second-order valence-corrected chi connectivity index (χ2v) is 3.59. The van der Waals surface area contributed by atoms with Crippen LogP contribution < -0.4 is 5.32 Å². The molecule has 1 aliphatic rings. The van der Waals surface area contributed by atoms with Crippen molar-refractivity contribution in [2.75, 3.05) is 6.61 Å². The topological polar surface area (TPSA) is 81.5 Å². The number of carbonyl (C=O) groups excluding carboxylic acids is 1. The van der Waals surface area contributed by atoms with Crippen LogP contribution in [0.3, 0.4) is 0 Å². The Balaban J connectivity index is 2.35. The Morgan fingerprint density at radius 2 is 2.31 bits per heavy atom. The van der Waals surface area contributed by atoms with Crippen LogP contribution in [0.25, 0.3) is 0 Å². The summed E-state index contributed by atoms with van der Waals surface area (Å²) in [6.07, 6.45) is -0.490. The number of carbonyl (C=O) groups is 1. The van der Waals surface area contributed by atoms with Gasteiger partial charge >= 0.3 is 6.09 Å². The molecule has 1 unspecified atom stereocenters. The highest BCUT2D eigenvalue weighted by molar-refractivity contribution is 5.70. The van der Waals surface area contributed by atoms with E-state index in [0.29, 0.717) is 0 Å². The summed E-state index contributed by atoms with van der Waals surface area (Å²) in [6.45, 7) is 2.05. The SMILES string of the molecule is Cc1ccc([N+](=O)[O-])cc1C1COC(=O)N1. The minimum Gasteiger partial charge on any atom is -0.447 e. The van der Waals surface area contributed by atoms with Crippen molar-refractivity contribution in [3.05, 3.63) is 39.4 Å². The van der Waals surface area contributed by atoms with Crippen molar-refractivity contribution < 1.29 is 14.5 Å². The molecule has 1 amide bonds. The number of nitro groups is 1. The molecule has 1 aromatic carbocycles. The number of hydrogen-bond acceptors (Lipinski definition) is 4. The van der Waals surface area contributed by atoms with Crippen molar-refractivity contribution in [2.24, 2.45) is 0 Å². The third-order valence-corrected chi connectivity index (χ3v) is 2.52. The average Bonchev–Trinajstić information content (AvgIpc) is 2.65. The van der Waals surface area contributed by atoms with Crippen LogP contribution in [0.1, 0.15) is 17.2 Å². The zero-order valence-electron chi connectivity index (χ0n) is 8.60. The lowest BCUT2D eigenvalue weighted by Crippen LogP contribution is -2.19. The number of amides is 1. The van der Waals surface area contributed by atoms with Crippen LogP contribution in [-0.4, -0.2) is 17.6 Å². The molecule has 16 heavy (non-hydrogen) atoms. The summed E-state index contributed by atoms with van der Waals surface area (Å²) in [7, 11) is 0. The van der Waals surface area contributed by atoms with Gasteiger partial charge in [0.25, 0.3) is 5.69 Å². The molecule has 0 radical (unpaired) electrons. The molecule has 84 valence electrons. The van der Waals surface area contributed by atoms with Gasteiger partial charge in [-0.2, -0.15) is 0 Å². The zero-order chi connectivity index (χ0) is 11.7. The van der Waals surface area contributed by atoms with Gasteiger partial charge in [-0.1, -0.05) is 6.07 Å². The fourth-order valence-corrected chi connectivity index (χ4v) is 1.67. The molecular formula is C10H10N2O4. The molecular weight excluding hydrogens is 212 g/mol. The Morgan fingerprint density at radius 1 is 1.56 bits per heavy atom. The van der Waals surface area contributed by atoms with Crippen molar-refractivity contribution >= 4 is 11.8 Å². The van der Waals surface area contributed by atoms with Gasteiger partial charge in [-0.05, 0) is 18.1 Å². The number of aryl methyl sites for hydroxylation is 1. The predicted octanol–water partition coefficient (Wildman–Crippen LogP) is 1.68. The largest absolute Gasteiger partial charge is 0.447 e. The first kappa shape index (κ1) is 10.4. The standard InChI is InChI=1S/C10H10N2O4/c1-6-2-3-7(12(14)15)4-8(6)9-5-16-10(13)11-9/h2-4,9H,5H2,1H3,(H,11,13). The van der Waals surface area contributed by atoms with Crippen LogP contribution in [0, 0.1) is 17.0 Å². The van der Waals surface area contributed by atoms with Crippen LogP contribution in [-0.2, 0) is 4.74 Å². The van der Waals surface area contributed by atoms with Crippen LogP contribution >= 0.6 is 0 Å². The lowest BCUT2D eigenvalue weighted by Gasteiger charge is -2.10. The van der Waals surface area contributed by atoms with E-state index in [2.05, 4.69) is 5.32 Å². The molecule has 2 rings (SSSR count). The van der Waals surface area contributed by atoms with Crippen molar-refractivity contribution in [1.82, 2.24) is 5.32 Å². The molecule has 1 aromatic rings. The van der Waals surface area contributed by atoms with Gasteiger partial charge in [0.05, 0.1) is 11.0 Å². The van der Waals surface area contributed by atoms with Crippen LogP contribution in [0.2, 0.25) is 0 Å². The molecule has 1 aliphatic heterocycles. The maximum Gasteiger partial charge on any atom is 0.407 e. The highest BCUT2D eigenvalue weighted by Crippen LogP contribution is 2.25. The summed E-state index contributed by atoms with van der Waals surface area (Å²) < 4.78 is 4.76. The van der Waals surface area contributed by atoms with Gasteiger partial charge in [0.1, 0.15) is 6.61 Å². The normalized spacial score (nSPS) is 19.1. The Labute approximate surface area is 91.4 Å². The van der Waals surface area contributed by atoms with Crippen LogP contribution in [0.15, 0.2) is 18.2 Å². The summed E-state index contributed by atoms with van der Waals surface area (Å²) in [5.74, 6) is 0. The number of ether oxygens (including phenoxy) is 1. The van der Waals surface area contributed by atoms with E-state index in [4.69, 9.17) is 4.74 Å². The van der Waals surface area contributed by atoms with E-state index >= 15 is 0 Å².